The predicted molar refractivity (Wildman–Crippen MR) is 199 cm³/mol. The lowest BCUT2D eigenvalue weighted by molar-refractivity contribution is -0.591. The number of rotatable bonds is 4. The highest BCUT2D eigenvalue weighted by Gasteiger charge is 2.61. The predicted octanol–water partition coefficient (Wildman–Crippen LogP) is 4.40. The fourth-order valence-corrected chi connectivity index (χ4v) is 9.93. The monoisotopic (exact) mass is 909 g/mol. The third-order valence-corrected chi connectivity index (χ3v) is 12.1. The van der Waals surface area contributed by atoms with Crippen LogP contribution in [-0.4, -0.2) is 74.3 Å². The molecule has 1 heterocycles. The first-order valence-corrected chi connectivity index (χ1v) is 21.4. The average Bonchev–Trinajstić information content (AvgIpc) is 3.00. The number of amides is 4. The molecule has 4 bridgehead atoms. The van der Waals surface area contributed by atoms with Gasteiger partial charge < -0.3 is 33.5 Å². The first-order valence-electron chi connectivity index (χ1n) is 19.3. The van der Waals surface area contributed by atoms with Crippen molar-refractivity contribution in [3.63, 3.8) is 0 Å². The van der Waals surface area contributed by atoms with Crippen molar-refractivity contribution in [2.75, 3.05) is 0 Å². The number of esters is 1. The molecule has 16 heteroatoms. The largest absolute Gasteiger partial charge is 0.571 e. The van der Waals surface area contributed by atoms with Gasteiger partial charge in [0.25, 0.3) is 3.58 Å². The lowest BCUT2D eigenvalue weighted by Gasteiger charge is -2.63. The number of ether oxygens (including phenoxy) is 6. The molecule has 0 saturated heterocycles. The summed E-state index contributed by atoms with van der Waals surface area (Å²) in [6.45, 7) is 18.6. The zero-order valence-corrected chi connectivity index (χ0v) is 37.1. The van der Waals surface area contributed by atoms with Crippen LogP contribution in [0.1, 0.15) is 121 Å². The van der Waals surface area contributed by atoms with Gasteiger partial charge in [-0.05, 0) is 145 Å². The van der Waals surface area contributed by atoms with Crippen molar-refractivity contribution in [1.29, 1.82) is 0 Å². The van der Waals surface area contributed by atoms with Gasteiger partial charge >= 0.3 is 51.5 Å². The van der Waals surface area contributed by atoms with Crippen molar-refractivity contribution in [3.8, 4) is 0 Å². The van der Waals surface area contributed by atoms with Crippen LogP contribution in [0.2, 0.25) is 0 Å². The van der Waals surface area contributed by atoms with E-state index in [1.807, 2.05) is 0 Å². The Hall–Kier alpha value is -4.09. The van der Waals surface area contributed by atoms with Gasteiger partial charge in [0, 0.05) is 11.8 Å². The first kappa shape index (κ1) is 44.0. The number of aliphatic imine (C=N–C) groups is 1. The molecule has 0 unspecified atom stereocenters. The fourth-order valence-electron chi connectivity index (χ4n) is 7.71. The number of hydrogen-bond donors (Lipinski definition) is 0. The van der Waals surface area contributed by atoms with Crippen molar-refractivity contribution in [2.24, 2.45) is 28.7 Å². The minimum atomic E-state index is -1.45. The van der Waals surface area contributed by atoms with Crippen molar-refractivity contribution in [1.82, 2.24) is 9.80 Å². The summed E-state index contributed by atoms with van der Waals surface area (Å²) >= 11 is -1.45. The van der Waals surface area contributed by atoms with Gasteiger partial charge in [-0.15, -0.1) is 9.89 Å². The van der Waals surface area contributed by atoms with Gasteiger partial charge in [-0.3, -0.25) is 0 Å². The smallest absolute Gasteiger partial charge is 0.437 e. The van der Waals surface area contributed by atoms with E-state index < -0.39 is 98.2 Å². The van der Waals surface area contributed by atoms with E-state index in [9.17, 15) is 29.1 Å². The summed E-state index contributed by atoms with van der Waals surface area (Å²) in [5.74, 6) is -2.19. The van der Waals surface area contributed by atoms with Gasteiger partial charge in [0.2, 0.25) is 5.96 Å². The molecule has 1 spiro atoms. The molecule has 314 valence electrons. The van der Waals surface area contributed by atoms with Crippen LogP contribution in [0.15, 0.2) is 38.8 Å². The Kier molecular flexibility index (Phi) is 12.3. The third-order valence-electron chi connectivity index (χ3n) is 9.36. The summed E-state index contributed by atoms with van der Waals surface area (Å²) in [7, 11) is 0. The van der Waals surface area contributed by atoms with Crippen LogP contribution in [0, 0.1) is 27.2 Å². The van der Waals surface area contributed by atoms with Crippen molar-refractivity contribution >= 4 is 36.3 Å². The van der Waals surface area contributed by atoms with E-state index in [0.29, 0.717) is 25.9 Å². The molecular weight excluding hydrogens is 853 g/mol. The Morgan fingerprint density at radius 3 is 1.72 bits per heavy atom. The first-order chi connectivity index (χ1) is 26.1. The van der Waals surface area contributed by atoms with E-state index in [1.165, 1.54) is 6.42 Å². The van der Waals surface area contributed by atoms with Gasteiger partial charge in [0.1, 0.15) is 28.3 Å². The second-order valence-electron chi connectivity index (χ2n) is 19.1. The van der Waals surface area contributed by atoms with Crippen molar-refractivity contribution in [2.45, 2.75) is 150 Å². The van der Waals surface area contributed by atoms with Gasteiger partial charge in [-0.1, -0.05) is 12.1 Å². The van der Waals surface area contributed by atoms with Crippen LogP contribution >= 0.6 is 0 Å². The molecule has 0 aromatic heterocycles. The Morgan fingerprint density at radius 1 is 0.754 bits per heavy atom. The van der Waals surface area contributed by atoms with Crippen LogP contribution in [0.5, 0.6) is 0 Å². The molecule has 5 aliphatic rings. The maximum Gasteiger partial charge on any atom is 0.437 e. The average molecular weight is 910 g/mol. The topological polar surface area (TPSA) is 183 Å². The van der Waals surface area contributed by atoms with Crippen LogP contribution in [-0.2, 0) is 39.8 Å². The lowest BCUT2D eigenvalue weighted by atomic mass is 9.53. The summed E-state index contributed by atoms with van der Waals surface area (Å²) < 4.78 is 35.1. The molecule has 1 aliphatic heterocycles. The zero-order chi connectivity index (χ0) is 42.5. The number of halogens is 1. The van der Waals surface area contributed by atoms with Gasteiger partial charge in [0.05, 0.1) is 6.54 Å². The van der Waals surface area contributed by atoms with Crippen LogP contribution in [0.4, 0.5) is 19.2 Å². The molecule has 4 amide bonds. The second-order valence-corrected chi connectivity index (χ2v) is 22.0. The maximum absolute atomic E-state index is 14.2. The molecule has 4 fully saturated rings. The molecule has 0 atom stereocenters. The molecule has 15 nitrogen and oxygen atoms in total. The zero-order valence-electron chi connectivity index (χ0n) is 35.0. The Bertz CT molecular complexity index is 1770. The molecule has 0 N–H and O–H groups in total. The molecular formula is C41H56IN3O12. The van der Waals surface area contributed by atoms with Gasteiger partial charge in [0.15, 0.2) is 9.36 Å². The Morgan fingerprint density at radius 2 is 1.25 bits per heavy atom. The number of nitrogens with zero attached hydrogens (tertiary/aromatic N) is 3. The standard InChI is InChI=1S/C41H56IN3O12/c1-37(2,3)54-33(48)43-32(45(35(50)56-39(7,8)9)36(51)57-40(10,11)12)44(34(49)55-38(4,5)6)22-23-14-13-15-28(21-23)42-29-30(46)52-41(53-31(29)47)26-17-24-16-25(19-26)20-27(41)18-24/h13-15,21,24-27H,16-20,22H2,1-12H3/b43-32-. The molecule has 4 saturated carbocycles. The molecule has 6 rings (SSSR count). The summed E-state index contributed by atoms with van der Waals surface area (Å²) in [5, 5.41) is 13.6. The van der Waals surface area contributed by atoms with E-state index in [1.54, 1.807) is 107 Å². The Labute approximate surface area is 345 Å². The highest BCUT2D eigenvalue weighted by atomic mass is 127. The van der Waals surface area contributed by atoms with E-state index >= 15 is 0 Å². The minimum absolute atomic E-state index is 0.000954. The van der Waals surface area contributed by atoms with E-state index in [4.69, 9.17) is 28.4 Å². The third kappa shape index (κ3) is 11.1. The Balaban J connectivity index is 1.53. The normalized spacial score (nSPS) is 24.7. The van der Waals surface area contributed by atoms with E-state index in [-0.39, 0.29) is 15.4 Å². The second kappa shape index (κ2) is 15.9. The quantitative estimate of drug-likeness (QED) is 0.137. The maximum atomic E-state index is 14.2. The summed E-state index contributed by atoms with van der Waals surface area (Å²) in [6.07, 6.45) is -0.199. The molecule has 1 aromatic rings. The number of guanidine groups is 1. The highest BCUT2D eigenvalue weighted by molar-refractivity contribution is 6.13. The van der Waals surface area contributed by atoms with Crippen molar-refractivity contribution < 1.29 is 78.7 Å². The van der Waals surface area contributed by atoms with Gasteiger partial charge in [-0.2, -0.15) is 0 Å². The number of benzene rings is 1. The molecule has 57 heavy (non-hydrogen) atoms. The van der Waals surface area contributed by atoms with Crippen LogP contribution in [0.3, 0.4) is 0 Å². The number of imide groups is 1. The summed E-state index contributed by atoms with van der Waals surface area (Å²) in [6, 6.07) is 6.72. The summed E-state index contributed by atoms with van der Waals surface area (Å²) in [4.78, 5) is 74.1. The van der Waals surface area contributed by atoms with Gasteiger partial charge in [-0.25, -0.2) is 28.9 Å². The number of hydrogen-bond acceptors (Lipinski definition) is 12. The molecule has 1 aromatic carbocycles. The number of carbonyl (C=O) groups is 5. The minimum Gasteiger partial charge on any atom is -0.571 e. The van der Waals surface area contributed by atoms with E-state index in [0.717, 1.165) is 30.6 Å². The highest BCUT2D eigenvalue weighted by Crippen LogP contribution is 2.61. The molecule has 4 aliphatic carbocycles. The lowest BCUT2D eigenvalue weighted by Crippen LogP contribution is -3.61. The molecule has 0 radical (unpaired) electrons. The summed E-state index contributed by atoms with van der Waals surface area (Å²) in [5.41, 5.74) is -4.03. The van der Waals surface area contributed by atoms with Crippen LogP contribution < -0.4 is 26.3 Å². The number of carbonyl (C=O) groups excluding carboxylic acids is 5. The SMILES string of the molecule is CC(C)(C)OC(=O)/N=C(/N(Cc1cccc([I+]C2=C([O-])OC3(OC2=O)C2CC4CC(C2)CC3C4)c1)C(=O)OC(C)(C)C)N(C(=O)OC(C)(C)C)C(=O)OC(C)(C)C. The van der Waals surface area contributed by atoms with Crippen LogP contribution in [0.25, 0.3) is 0 Å². The van der Waals surface area contributed by atoms with Crippen molar-refractivity contribution in [3.05, 3.63) is 42.9 Å². The fraction of sp³-hybridized carbons (Fsp3) is 0.659. The van der Waals surface area contributed by atoms with E-state index in [2.05, 4.69) is 4.99 Å².